The van der Waals surface area contributed by atoms with Gasteiger partial charge in [0.05, 0.1) is 23.7 Å². The SMILES string of the molecule is C=C1C(=CC=C2CCC[C@]3(C)[C@@H](C(C)(C)C=CC(O)C4(C(=O)CCCC)CC4)CC[C@@H]23)C[C@@H](O[Si](C)(C)C(C)(C)C)C[C@@H]1O[Si](C)(C)C(C)(C)C. The van der Waals surface area contributed by atoms with Crippen molar-refractivity contribution in [1.82, 2.24) is 0 Å². The zero-order chi connectivity index (χ0) is 38.4. The monoisotopic (exact) mass is 739 g/mol. The Hall–Kier alpha value is -1.06. The first-order chi connectivity index (χ1) is 23.3. The normalized spacial score (nSPS) is 31.4. The Morgan fingerprint density at radius 2 is 1.57 bits per heavy atom. The maximum absolute atomic E-state index is 13.0. The average Bonchev–Trinajstić information content (AvgIpc) is 3.73. The summed E-state index contributed by atoms with van der Waals surface area (Å²) in [5, 5.41) is 11.5. The van der Waals surface area contributed by atoms with Crippen molar-refractivity contribution in [1.29, 1.82) is 0 Å². The molecule has 4 aliphatic rings. The van der Waals surface area contributed by atoms with Gasteiger partial charge in [0.15, 0.2) is 16.6 Å². The largest absolute Gasteiger partial charge is 0.413 e. The van der Waals surface area contributed by atoms with Crippen LogP contribution >= 0.6 is 0 Å². The number of aliphatic hydroxyl groups excluding tert-OH is 1. The summed E-state index contributed by atoms with van der Waals surface area (Å²) in [5.41, 5.74) is 3.68. The Morgan fingerprint density at radius 1 is 0.961 bits per heavy atom. The molecule has 51 heavy (non-hydrogen) atoms. The molecule has 0 aromatic rings. The van der Waals surface area contributed by atoms with E-state index in [2.05, 4.69) is 114 Å². The van der Waals surface area contributed by atoms with Crippen molar-refractivity contribution in [3.05, 3.63) is 47.6 Å². The highest BCUT2D eigenvalue weighted by Crippen LogP contribution is 2.62. The highest BCUT2D eigenvalue weighted by Gasteiger charge is 2.55. The van der Waals surface area contributed by atoms with Crippen LogP contribution in [0.4, 0.5) is 0 Å². The minimum atomic E-state index is -2.02. The highest BCUT2D eigenvalue weighted by molar-refractivity contribution is 6.74. The van der Waals surface area contributed by atoms with E-state index in [9.17, 15) is 9.90 Å². The van der Waals surface area contributed by atoms with Crippen LogP contribution in [0.1, 0.15) is 146 Å². The zero-order valence-electron chi connectivity index (χ0n) is 35.6. The summed E-state index contributed by atoms with van der Waals surface area (Å²) in [4.78, 5) is 13.0. The topological polar surface area (TPSA) is 55.8 Å². The van der Waals surface area contributed by atoms with Gasteiger partial charge in [-0.05, 0) is 128 Å². The minimum absolute atomic E-state index is 0.00815. The molecule has 6 heteroatoms. The van der Waals surface area contributed by atoms with E-state index < -0.39 is 28.2 Å². The maximum atomic E-state index is 13.0. The molecule has 4 rings (SSSR count). The molecule has 6 atom stereocenters. The summed E-state index contributed by atoms with van der Waals surface area (Å²) >= 11 is 0. The average molecular weight is 739 g/mol. The van der Waals surface area contributed by atoms with Gasteiger partial charge >= 0.3 is 0 Å². The molecule has 0 radical (unpaired) electrons. The van der Waals surface area contributed by atoms with Crippen LogP contribution in [0.5, 0.6) is 0 Å². The first kappa shape index (κ1) is 42.7. The van der Waals surface area contributed by atoms with Crippen LogP contribution in [0.15, 0.2) is 47.6 Å². The third-order valence-electron chi connectivity index (χ3n) is 15.0. The maximum Gasteiger partial charge on any atom is 0.192 e. The van der Waals surface area contributed by atoms with Crippen molar-refractivity contribution in [2.24, 2.45) is 28.1 Å². The molecule has 0 heterocycles. The molecule has 0 spiro atoms. The molecule has 4 aliphatic carbocycles. The summed E-state index contributed by atoms with van der Waals surface area (Å²) in [6.07, 6.45) is 20.6. The molecular weight excluding hydrogens is 661 g/mol. The Morgan fingerprint density at radius 3 is 2.14 bits per heavy atom. The van der Waals surface area contributed by atoms with Gasteiger partial charge in [-0.25, -0.2) is 0 Å². The third kappa shape index (κ3) is 9.09. The molecule has 290 valence electrons. The van der Waals surface area contributed by atoms with Crippen LogP contribution < -0.4 is 0 Å². The molecule has 0 amide bonds. The number of aliphatic hydroxyl groups is 1. The quantitative estimate of drug-likeness (QED) is 0.151. The number of ketones is 1. The zero-order valence-corrected chi connectivity index (χ0v) is 37.6. The molecule has 1 unspecified atom stereocenters. The number of fused-ring (bicyclic) bond motifs is 1. The number of hydrogen-bond donors (Lipinski definition) is 1. The van der Waals surface area contributed by atoms with Gasteiger partial charge in [0.25, 0.3) is 0 Å². The Balaban J connectivity index is 1.57. The molecule has 1 N–H and O–H groups in total. The minimum Gasteiger partial charge on any atom is -0.413 e. The van der Waals surface area contributed by atoms with Crippen LogP contribution in [0.25, 0.3) is 0 Å². The molecule has 0 saturated heterocycles. The number of allylic oxidation sites excluding steroid dienone is 4. The number of unbranched alkanes of at least 4 members (excludes halogenated alkanes) is 1. The van der Waals surface area contributed by atoms with E-state index in [1.54, 1.807) is 5.57 Å². The number of carbonyl (C=O) groups is 1. The molecule has 4 saturated carbocycles. The Labute approximate surface area is 316 Å². The van der Waals surface area contributed by atoms with E-state index in [1.807, 2.05) is 6.08 Å². The second-order valence-electron chi connectivity index (χ2n) is 21.1. The highest BCUT2D eigenvalue weighted by atomic mass is 28.4. The van der Waals surface area contributed by atoms with E-state index in [4.69, 9.17) is 15.4 Å². The van der Waals surface area contributed by atoms with E-state index >= 15 is 0 Å². The molecular formula is C45H78O4Si2. The predicted octanol–water partition coefficient (Wildman–Crippen LogP) is 12.7. The second kappa shape index (κ2) is 15.2. The van der Waals surface area contributed by atoms with Crippen molar-refractivity contribution >= 4 is 22.4 Å². The van der Waals surface area contributed by atoms with Gasteiger partial charge in [0, 0.05) is 12.8 Å². The summed E-state index contributed by atoms with van der Waals surface area (Å²) in [6, 6.07) is 0. The standard InChI is InChI=1S/C45H78O4Si2/c1-16-17-20-39(46)45(28-29-45)40(47)25-27-43(9,10)38-24-23-36-33(19-18-26-44(36,38)11)21-22-34-30-35(48-50(12,13)41(3,4)5)31-37(32(34)2)49-51(14,15)42(6,7)8/h21-22,25,27,35-38,40,47H,2,16-20,23-24,26,28-31H2,1,3-15H3/t35-,36+,37+,38-,40?,44+/m1/s1. The van der Waals surface area contributed by atoms with Crippen LogP contribution in [0.3, 0.4) is 0 Å². The lowest BCUT2D eigenvalue weighted by Gasteiger charge is -2.47. The summed E-state index contributed by atoms with van der Waals surface area (Å²) in [7, 11) is -3.98. The lowest BCUT2D eigenvalue weighted by molar-refractivity contribution is -0.127. The predicted molar refractivity (Wildman–Crippen MR) is 222 cm³/mol. The van der Waals surface area contributed by atoms with Gasteiger partial charge in [-0.15, -0.1) is 0 Å². The summed E-state index contributed by atoms with van der Waals surface area (Å²) < 4.78 is 14.2. The molecule has 4 nitrogen and oxygen atoms in total. The van der Waals surface area contributed by atoms with Crippen molar-refractivity contribution in [2.45, 2.75) is 201 Å². The van der Waals surface area contributed by atoms with Crippen LogP contribution in [0, 0.1) is 28.1 Å². The number of carbonyl (C=O) groups excluding carboxylic acids is 1. The van der Waals surface area contributed by atoms with E-state index in [-0.39, 0.29) is 38.9 Å². The molecule has 0 aliphatic heterocycles. The molecule has 0 bridgehead atoms. The van der Waals surface area contributed by atoms with Gasteiger partial charge in [-0.2, -0.15) is 0 Å². The Bertz CT molecular complexity index is 1360. The van der Waals surface area contributed by atoms with Gasteiger partial charge in [-0.3, -0.25) is 4.79 Å². The first-order valence-corrected chi connectivity index (χ1v) is 26.5. The number of Topliss-reactive ketones (excluding diaryl/α,β-unsaturated/α-hetero) is 1. The van der Waals surface area contributed by atoms with Crippen LogP contribution in [0.2, 0.25) is 36.3 Å². The lowest BCUT2D eigenvalue weighted by atomic mass is 9.57. The van der Waals surface area contributed by atoms with Crippen LogP contribution in [-0.4, -0.2) is 45.8 Å². The molecule has 4 fully saturated rings. The smallest absolute Gasteiger partial charge is 0.192 e. The van der Waals surface area contributed by atoms with E-state index in [0.717, 1.165) is 50.5 Å². The molecule has 0 aromatic carbocycles. The summed E-state index contributed by atoms with van der Waals surface area (Å²) in [6.45, 7) is 37.5. The first-order valence-electron chi connectivity index (χ1n) is 20.7. The number of rotatable bonds is 13. The second-order valence-corrected chi connectivity index (χ2v) is 30.6. The van der Waals surface area contributed by atoms with Crippen molar-refractivity contribution in [3.8, 4) is 0 Å². The van der Waals surface area contributed by atoms with E-state index in [1.165, 1.54) is 31.3 Å². The van der Waals surface area contributed by atoms with Gasteiger partial charge < -0.3 is 14.0 Å². The van der Waals surface area contributed by atoms with Crippen molar-refractivity contribution in [3.63, 3.8) is 0 Å². The van der Waals surface area contributed by atoms with Gasteiger partial charge in [0.2, 0.25) is 0 Å². The lowest BCUT2D eigenvalue weighted by Crippen LogP contribution is -2.49. The van der Waals surface area contributed by atoms with Crippen molar-refractivity contribution in [2.75, 3.05) is 0 Å². The fourth-order valence-corrected chi connectivity index (χ4v) is 12.0. The summed E-state index contributed by atoms with van der Waals surface area (Å²) in [5.74, 6) is 1.35. The van der Waals surface area contributed by atoms with Crippen LogP contribution in [-0.2, 0) is 13.6 Å². The number of hydrogen-bond acceptors (Lipinski definition) is 4. The fraction of sp³-hybridized carbons (Fsp3) is 0.800. The van der Waals surface area contributed by atoms with E-state index in [0.29, 0.717) is 18.3 Å². The van der Waals surface area contributed by atoms with Gasteiger partial charge in [-0.1, -0.05) is 112 Å². The Kier molecular flexibility index (Phi) is 12.7. The fourth-order valence-electron chi connectivity index (χ4n) is 9.33. The van der Waals surface area contributed by atoms with Crippen molar-refractivity contribution < 1.29 is 18.8 Å². The van der Waals surface area contributed by atoms with Gasteiger partial charge in [0.1, 0.15) is 5.78 Å². The third-order valence-corrected chi connectivity index (χ3v) is 24.0. The molecule has 0 aromatic heterocycles.